The molecule has 1 N–H and O–H groups in total. The van der Waals surface area contributed by atoms with Crippen LogP contribution in [0.3, 0.4) is 0 Å². The van der Waals surface area contributed by atoms with Crippen LogP contribution in [-0.4, -0.2) is 16.1 Å². The van der Waals surface area contributed by atoms with Crippen molar-refractivity contribution in [2.75, 3.05) is 6.54 Å². The number of hydrogen-bond acceptors (Lipinski definition) is 2. The average molecular weight is 275 g/mol. The van der Waals surface area contributed by atoms with E-state index in [-0.39, 0.29) is 0 Å². The Morgan fingerprint density at radius 1 is 1.25 bits per heavy atom. The quantitative estimate of drug-likeness (QED) is 0.854. The lowest BCUT2D eigenvalue weighted by Gasteiger charge is -2.28. The van der Waals surface area contributed by atoms with E-state index in [1.165, 1.54) is 50.0 Å². The fourth-order valence-corrected chi connectivity index (χ4v) is 4.04. The van der Waals surface area contributed by atoms with Gasteiger partial charge < -0.3 is 9.88 Å². The van der Waals surface area contributed by atoms with E-state index in [4.69, 9.17) is 4.98 Å². The molecule has 0 amide bonds. The van der Waals surface area contributed by atoms with Gasteiger partial charge in [-0.05, 0) is 25.2 Å². The summed E-state index contributed by atoms with van der Waals surface area (Å²) in [7, 11) is 0. The zero-order chi connectivity index (χ0) is 13.9. The average Bonchev–Trinajstić information content (AvgIpc) is 2.67. The molecule has 1 aliphatic carbocycles. The number of nitrogens with zero attached hydrogens (tertiary/aromatic N) is 2. The molecule has 3 heteroatoms. The minimum Gasteiger partial charge on any atom is -0.328 e. The highest BCUT2D eigenvalue weighted by Gasteiger charge is 2.28. The molecule has 1 aliphatic heterocycles. The number of nitrogens with one attached hydrogen (secondary N) is 1. The third-order valence-electron chi connectivity index (χ3n) is 5.12. The van der Waals surface area contributed by atoms with Crippen molar-refractivity contribution in [2.45, 2.75) is 77.8 Å². The fourth-order valence-electron chi connectivity index (χ4n) is 4.04. The maximum Gasteiger partial charge on any atom is 0.109 e. The third kappa shape index (κ3) is 2.65. The lowest BCUT2D eigenvalue weighted by molar-refractivity contribution is 0.317. The van der Waals surface area contributed by atoms with Gasteiger partial charge in [-0.15, -0.1) is 0 Å². The first kappa shape index (κ1) is 14.1. The molecule has 3 rings (SSSR count). The van der Waals surface area contributed by atoms with Gasteiger partial charge in [-0.2, -0.15) is 0 Å². The lowest BCUT2D eigenvalue weighted by Crippen LogP contribution is -2.27. The van der Waals surface area contributed by atoms with Crippen LogP contribution in [0.15, 0.2) is 0 Å². The summed E-state index contributed by atoms with van der Waals surface area (Å²) in [5.41, 5.74) is 2.88. The summed E-state index contributed by atoms with van der Waals surface area (Å²) in [6.07, 6.45) is 10.5. The Morgan fingerprint density at radius 2 is 2.10 bits per heavy atom. The van der Waals surface area contributed by atoms with Gasteiger partial charge >= 0.3 is 0 Å². The van der Waals surface area contributed by atoms with E-state index in [2.05, 4.69) is 23.7 Å². The van der Waals surface area contributed by atoms with Crippen LogP contribution in [0.25, 0.3) is 0 Å². The Kier molecular flexibility index (Phi) is 4.45. The van der Waals surface area contributed by atoms with E-state index >= 15 is 0 Å². The van der Waals surface area contributed by atoms with Gasteiger partial charge in [0.2, 0.25) is 0 Å². The topological polar surface area (TPSA) is 29.9 Å². The van der Waals surface area contributed by atoms with Gasteiger partial charge in [0.15, 0.2) is 0 Å². The number of imidazole rings is 1. The highest BCUT2D eigenvalue weighted by Crippen LogP contribution is 2.35. The normalized spacial score (nSPS) is 27.1. The monoisotopic (exact) mass is 275 g/mol. The van der Waals surface area contributed by atoms with Crippen molar-refractivity contribution in [3.8, 4) is 0 Å². The van der Waals surface area contributed by atoms with E-state index < -0.39 is 0 Å². The summed E-state index contributed by atoms with van der Waals surface area (Å²) in [5.74, 6) is 2.17. The SMILES string of the molecule is CCCc1nc2c(n1C1CCCCCC1C)CCNC2. The Bertz CT molecular complexity index is 449. The molecule has 20 heavy (non-hydrogen) atoms. The molecule has 2 heterocycles. The Hall–Kier alpha value is -0.830. The Labute approximate surface area is 123 Å². The molecule has 0 aromatic carbocycles. The van der Waals surface area contributed by atoms with Crippen LogP contribution in [0.1, 0.15) is 75.6 Å². The maximum absolute atomic E-state index is 4.98. The lowest BCUT2D eigenvalue weighted by atomic mass is 9.95. The molecule has 1 aromatic rings. The zero-order valence-electron chi connectivity index (χ0n) is 13.1. The van der Waals surface area contributed by atoms with Crippen molar-refractivity contribution in [3.05, 3.63) is 17.2 Å². The standard InChI is InChI=1S/C17H29N3/c1-3-7-17-19-14-12-18-11-10-16(14)20(17)15-9-6-4-5-8-13(15)2/h13,15,18H,3-12H2,1-2H3. The van der Waals surface area contributed by atoms with Gasteiger partial charge in [0.1, 0.15) is 5.82 Å². The molecule has 1 fully saturated rings. The molecule has 0 saturated heterocycles. The number of aryl methyl sites for hydroxylation is 1. The van der Waals surface area contributed by atoms with Crippen LogP contribution < -0.4 is 5.32 Å². The van der Waals surface area contributed by atoms with E-state index in [0.717, 1.165) is 31.8 Å². The maximum atomic E-state index is 4.98. The third-order valence-corrected chi connectivity index (χ3v) is 5.12. The highest BCUT2D eigenvalue weighted by atomic mass is 15.1. The van der Waals surface area contributed by atoms with E-state index in [1.807, 2.05) is 0 Å². The van der Waals surface area contributed by atoms with Crippen LogP contribution in [-0.2, 0) is 19.4 Å². The van der Waals surface area contributed by atoms with Crippen LogP contribution in [0.4, 0.5) is 0 Å². The summed E-state index contributed by atoms with van der Waals surface area (Å²) in [4.78, 5) is 4.98. The van der Waals surface area contributed by atoms with Gasteiger partial charge in [-0.1, -0.05) is 33.1 Å². The molecular formula is C17H29N3. The molecule has 0 bridgehead atoms. The largest absolute Gasteiger partial charge is 0.328 e. The van der Waals surface area contributed by atoms with E-state index in [0.29, 0.717) is 6.04 Å². The molecule has 112 valence electrons. The van der Waals surface area contributed by atoms with Crippen molar-refractivity contribution in [3.63, 3.8) is 0 Å². The highest BCUT2D eigenvalue weighted by molar-refractivity contribution is 5.22. The fraction of sp³-hybridized carbons (Fsp3) is 0.824. The molecule has 2 atom stereocenters. The van der Waals surface area contributed by atoms with Crippen LogP contribution >= 0.6 is 0 Å². The van der Waals surface area contributed by atoms with Crippen molar-refractivity contribution in [2.24, 2.45) is 5.92 Å². The summed E-state index contributed by atoms with van der Waals surface area (Å²) in [6.45, 7) is 6.82. The van der Waals surface area contributed by atoms with Crippen molar-refractivity contribution >= 4 is 0 Å². The number of rotatable bonds is 3. The van der Waals surface area contributed by atoms with Crippen molar-refractivity contribution in [1.29, 1.82) is 0 Å². The first-order valence-corrected chi connectivity index (χ1v) is 8.60. The second-order valence-corrected chi connectivity index (χ2v) is 6.65. The van der Waals surface area contributed by atoms with Gasteiger partial charge in [0, 0.05) is 37.7 Å². The van der Waals surface area contributed by atoms with Crippen molar-refractivity contribution < 1.29 is 0 Å². The van der Waals surface area contributed by atoms with Gasteiger partial charge in [-0.3, -0.25) is 0 Å². The summed E-state index contributed by atoms with van der Waals surface area (Å²) in [6, 6.07) is 0.702. The molecule has 0 radical (unpaired) electrons. The van der Waals surface area contributed by atoms with Gasteiger partial charge in [0.05, 0.1) is 5.69 Å². The Balaban J connectivity index is 1.98. The minimum absolute atomic E-state index is 0.702. The van der Waals surface area contributed by atoms with Gasteiger partial charge in [0.25, 0.3) is 0 Å². The molecule has 2 aliphatic rings. The summed E-state index contributed by atoms with van der Waals surface area (Å²) in [5, 5.41) is 3.47. The van der Waals surface area contributed by atoms with E-state index in [1.54, 1.807) is 5.69 Å². The molecular weight excluding hydrogens is 246 g/mol. The molecule has 1 saturated carbocycles. The predicted octanol–water partition coefficient (Wildman–Crippen LogP) is 3.62. The van der Waals surface area contributed by atoms with E-state index in [9.17, 15) is 0 Å². The summed E-state index contributed by atoms with van der Waals surface area (Å²) < 4.78 is 2.68. The molecule has 1 aromatic heterocycles. The molecule has 3 nitrogen and oxygen atoms in total. The minimum atomic E-state index is 0.702. The number of hydrogen-bond donors (Lipinski definition) is 1. The number of aromatic nitrogens is 2. The Morgan fingerprint density at radius 3 is 2.95 bits per heavy atom. The second kappa shape index (κ2) is 6.30. The molecule has 0 spiro atoms. The van der Waals surface area contributed by atoms with Crippen LogP contribution in [0.5, 0.6) is 0 Å². The molecule has 2 unspecified atom stereocenters. The second-order valence-electron chi connectivity index (χ2n) is 6.65. The van der Waals surface area contributed by atoms with Crippen LogP contribution in [0, 0.1) is 5.92 Å². The predicted molar refractivity (Wildman–Crippen MR) is 82.9 cm³/mol. The smallest absolute Gasteiger partial charge is 0.109 e. The van der Waals surface area contributed by atoms with Gasteiger partial charge in [-0.25, -0.2) is 4.98 Å². The first-order valence-electron chi connectivity index (χ1n) is 8.60. The zero-order valence-corrected chi connectivity index (χ0v) is 13.1. The number of fused-ring (bicyclic) bond motifs is 1. The first-order chi connectivity index (χ1) is 9.81. The summed E-state index contributed by atoms with van der Waals surface area (Å²) >= 11 is 0. The van der Waals surface area contributed by atoms with Crippen LogP contribution in [0.2, 0.25) is 0 Å². The van der Waals surface area contributed by atoms with Crippen molar-refractivity contribution in [1.82, 2.24) is 14.9 Å².